The Morgan fingerprint density at radius 1 is 1.10 bits per heavy atom. The first-order valence-corrected chi connectivity index (χ1v) is 14.8. The number of allylic oxidation sites excluding steroid dienone is 3. The maximum atomic E-state index is 13.6. The number of carbonyl (C=O) groups is 1. The molecule has 0 unspecified atom stereocenters. The highest BCUT2D eigenvalue weighted by atomic mass is 32.2. The van der Waals surface area contributed by atoms with Crippen molar-refractivity contribution in [2.45, 2.75) is 25.7 Å². The summed E-state index contributed by atoms with van der Waals surface area (Å²) in [5.74, 6) is -0.148. The fraction of sp³-hybridized carbons (Fsp3) is 0.536. The van der Waals surface area contributed by atoms with Gasteiger partial charge in [0.25, 0.3) is 0 Å². The van der Waals surface area contributed by atoms with E-state index in [1.165, 1.54) is 12.2 Å². The SMILES string of the molecule is C=C1CN(C(=O)Nc2ccc(C3CCN(S(=O)(=O)CCOCCOCCOC)CC3)cc2)C/C1=C/C(F)=C\C.[HH]. The molecule has 0 saturated carbocycles. The topological polar surface area (TPSA) is 97.4 Å². The molecule has 1 aromatic carbocycles. The predicted molar refractivity (Wildman–Crippen MR) is 152 cm³/mol. The molecule has 3 rings (SSSR count). The van der Waals surface area contributed by atoms with Crippen LogP contribution in [0.25, 0.3) is 0 Å². The van der Waals surface area contributed by atoms with E-state index in [-0.39, 0.29) is 31.6 Å². The number of likely N-dealkylation sites (tertiary alicyclic amines) is 1. The molecule has 39 heavy (non-hydrogen) atoms. The van der Waals surface area contributed by atoms with Gasteiger partial charge in [-0.05, 0) is 60.6 Å². The molecule has 0 radical (unpaired) electrons. The minimum absolute atomic E-state index is 0. The molecule has 0 bridgehead atoms. The van der Waals surface area contributed by atoms with Crippen LogP contribution in [0.4, 0.5) is 14.9 Å². The van der Waals surface area contributed by atoms with Gasteiger partial charge >= 0.3 is 6.03 Å². The van der Waals surface area contributed by atoms with E-state index in [9.17, 15) is 17.6 Å². The van der Waals surface area contributed by atoms with Crippen molar-refractivity contribution < 1.29 is 33.2 Å². The van der Waals surface area contributed by atoms with Crippen molar-refractivity contribution >= 4 is 21.7 Å². The van der Waals surface area contributed by atoms with Crippen LogP contribution in [0.1, 0.15) is 32.7 Å². The summed E-state index contributed by atoms with van der Waals surface area (Å²) in [6.45, 7) is 9.04. The summed E-state index contributed by atoms with van der Waals surface area (Å²) in [4.78, 5) is 14.3. The van der Waals surface area contributed by atoms with E-state index in [1.807, 2.05) is 24.3 Å². The van der Waals surface area contributed by atoms with Gasteiger partial charge in [0.2, 0.25) is 10.0 Å². The molecular formula is C28H42FN3O6S. The molecule has 2 aliphatic rings. The van der Waals surface area contributed by atoms with Crippen LogP contribution in [-0.4, -0.2) is 95.7 Å². The molecule has 0 spiro atoms. The Kier molecular flexibility index (Phi) is 12.1. The number of benzene rings is 1. The molecule has 2 aliphatic heterocycles. The number of halogens is 1. The Morgan fingerprint density at radius 2 is 1.74 bits per heavy atom. The molecule has 0 aromatic heterocycles. The van der Waals surface area contributed by atoms with Crippen molar-refractivity contribution in [3.05, 3.63) is 65.5 Å². The summed E-state index contributed by atoms with van der Waals surface area (Å²) < 4.78 is 56.1. The first-order valence-electron chi connectivity index (χ1n) is 13.2. The standard InChI is InChI=1S/C28H40FN3O6S.H2/c1-4-26(29)19-25-21-31(20-22(25)2)28(33)30-27-7-5-23(6-8-27)24-9-11-32(12-10-24)39(34,35)18-17-38-16-15-37-14-13-36-3;/h4-8,19,24H,2,9-18,20-21H2,1,3H3,(H,30,33);1H/b25-19-,26-4+;. The zero-order chi connectivity index (χ0) is 28.3. The number of rotatable bonds is 13. The Bertz CT molecular complexity index is 1140. The van der Waals surface area contributed by atoms with E-state index in [0.29, 0.717) is 63.9 Å². The Balaban J connectivity index is 0.00000560. The Hall–Kier alpha value is -2.57. The lowest BCUT2D eigenvalue weighted by molar-refractivity contribution is 0.0282. The molecule has 1 N–H and O–H groups in total. The Morgan fingerprint density at radius 3 is 2.38 bits per heavy atom. The van der Waals surface area contributed by atoms with Gasteiger partial charge in [0, 0.05) is 40.4 Å². The monoisotopic (exact) mass is 567 g/mol. The Labute approximate surface area is 232 Å². The summed E-state index contributed by atoms with van der Waals surface area (Å²) >= 11 is 0. The normalized spacial score (nSPS) is 18.7. The second-order valence-corrected chi connectivity index (χ2v) is 11.7. The quantitative estimate of drug-likeness (QED) is 0.357. The number of ether oxygens (including phenoxy) is 3. The third kappa shape index (κ3) is 9.54. The average molecular weight is 568 g/mol. The molecule has 11 heteroatoms. The highest BCUT2D eigenvalue weighted by molar-refractivity contribution is 7.89. The third-order valence-electron chi connectivity index (χ3n) is 6.84. The van der Waals surface area contributed by atoms with Gasteiger partial charge < -0.3 is 24.4 Å². The summed E-state index contributed by atoms with van der Waals surface area (Å²) in [6.07, 6.45) is 4.24. The van der Waals surface area contributed by atoms with Crippen LogP contribution in [0.15, 0.2) is 60.0 Å². The molecule has 0 aliphatic carbocycles. The first-order chi connectivity index (χ1) is 18.7. The molecule has 2 amide bonds. The summed E-state index contributed by atoms with van der Waals surface area (Å²) in [5.41, 5.74) is 3.21. The predicted octanol–water partition coefficient (Wildman–Crippen LogP) is 4.32. The number of piperidine rings is 1. The highest BCUT2D eigenvalue weighted by Crippen LogP contribution is 2.30. The number of nitrogens with one attached hydrogen (secondary N) is 1. The lowest BCUT2D eigenvalue weighted by Crippen LogP contribution is -2.40. The first kappa shape index (κ1) is 31.0. The summed E-state index contributed by atoms with van der Waals surface area (Å²) in [5, 5.41) is 2.89. The van der Waals surface area contributed by atoms with Gasteiger partial charge in [-0.3, -0.25) is 0 Å². The van der Waals surface area contributed by atoms with Gasteiger partial charge in [0.1, 0.15) is 5.83 Å². The number of carbonyl (C=O) groups excluding carboxylic acids is 1. The van der Waals surface area contributed by atoms with Crippen LogP contribution >= 0.6 is 0 Å². The van der Waals surface area contributed by atoms with Gasteiger partial charge in [0.05, 0.1) is 38.8 Å². The van der Waals surface area contributed by atoms with Crippen LogP contribution in [-0.2, 0) is 24.2 Å². The lowest BCUT2D eigenvalue weighted by Gasteiger charge is -2.31. The van der Waals surface area contributed by atoms with Gasteiger partial charge in [-0.2, -0.15) is 0 Å². The van der Waals surface area contributed by atoms with Crippen LogP contribution in [0, 0.1) is 0 Å². The fourth-order valence-electron chi connectivity index (χ4n) is 4.51. The van der Waals surface area contributed by atoms with E-state index < -0.39 is 10.0 Å². The molecule has 2 heterocycles. The minimum atomic E-state index is -3.37. The number of amides is 2. The van der Waals surface area contributed by atoms with E-state index in [2.05, 4.69) is 11.9 Å². The molecule has 1 aromatic rings. The number of hydrogen-bond acceptors (Lipinski definition) is 6. The van der Waals surface area contributed by atoms with Gasteiger partial charge in [-0.15, -0.1) is 0 Å². The molecule has 0 atom stereocenters. The van der Waals surface area contributed by atoms with Gasteiger partial charge in [0.15, 0.2) is 0 Å². The van der Waals surface area contributed by atoms with Gasteiger partial charge in [-0.25, -0.2) is 21.9 Å². The van der Waals surface area contributed by atoms with Crippen LogP contribution in [0.3, 0.4) is 0 Å². The van der Waals surface area contributed by atoms with E-state index in [0.717, 1.165) is 24.0 Å². The lowest BCUT2D eigenvalue weighted by atomic mass is 9.90. The fourth-order valence-corrected chi connectivity index (χ4v) is 5.87. The molecule has 218 valence electrons. The average Bonchev–Trinajstić information content (AvgIpc) is 3.30. The van der Waals surface area contributed by atoms with Crippen molar-refractivity contribution in [3.63, 3.8) is 0 Å². The number of anilines is 1. The number of urea groups is 1. The highest BCUT2D eigenvalue weighted by Gasteiger charge is 2.29. The maximum Gasteiger partial charge on any atom is 0.322 e. The zero-order valence-electron chi connectivity index (χ0n) is 22.9. The van der Waals surface area contributed by atoms with E-state index in [1.54, 1.807) is 23.2 Å². The van der Waals surface area contributed by atoms with E-state index in [4.69, 9.17) is 14.2 Å². The van der Waals surface area contributed by atoms with Gasteiger partial charge in [-0.1, -0.05) is 24.8 Å². The second-order valence-electron chi connectivity index (χ2n) is 9.56. The van der Waals surface area contributed by atoms with E-state index >= 15 is 0 Å². The van der Waals surface area contributed by atoms with Crippen molar-refractivity contribution in [2.24, 2.45) is 0 Å². The smallest absolute Gasteiger partial charge is 0.322 e. The van der Waals surface area contributed by atoms with Crippen molar-refractivity contribution in [1.82, 2.24) is 9.21 Å². The molecule has 2 fully saturated rings. The zero-order valence-corrected chi connectivity index (χ0v) is 23.7. The number of nitrogens with zero attached hydrogens (tertiary/aromatic N) is 2. The largest absolute Gasteiger partial charge is 0.382 e. The number of sulfonamides is 1. The van der Waals surface area contributed by atoms with Crippen molar-refractivity contribution in [2.75, 3.05) is 77.4 Å². The maximum absolute atomic E-state index is 13.6. The molecular weight excluding hydrogens is 525 g/mol. The van der Waals surface area contributed by atoms with Crippen LogP contribution in [0.5, 0.6) is 0 Å². The van der Waals surface area contributed by atoms with Crippen molar-refractivity contribution in [1.29, 1.82) is 0 Å². The summed E-state index contributed by atoms with van der Waals surface area (Å²) in [7, 11) is -1.77. The van der Waals surface area contributed by atoms with Crippen LogP contribution in [0.2, 0.25) is 0 Å². The summed E-state index contributed by atoms with van der Waals surface area (Å²) in [6, 6.07) is 7.39. The minimum Gasteiger partial charge on any atom is -0.382 e. The molecule has 2 saturated heterocycles. The van der Waals surface area contributed by atoms with Crippen LogP contribution < -0.4 is 5.32 Å². The number of hydrogen-bond donors (Lipinski definition) is 1. The number of methoxy groups -OCH3 is 1. The van der Waals surface area contributed by atoms with Crippen molar-refractivity contribution in [3.8, 4) is 0 Å². The second kappa shape index (κ2) is 15.3. The molecule has 9 nitrogen and oxygen atoms in total. The third-order valence-corrected chi connectivity index (χ3v) is 8.68.